The van der Waals surface area contributed by atoms with E-state index in [1.807, 2.05) is 0 Å². The number of hydrogen-bond acceptors (Lipinski definition) is 2. The van der Waals surface area contributed by atoms with Gasteiger partial charge in [0.25, 0.3) is 0 Å². The van der Waals surface area contributed by atoms with Crippen molar-refractivity contribution in [2.75, 3.05) is 0 Å². The monoisotopic (exact) mass is 224 g/mol. The quantitative estimate of drug-likeness (QED) is 0.767. The van der Waals surface area contributed by atoms with Crippen molar-refractivity contribution in [1.29, 1.82) is 0 Å². The molecule has 2 fully saturated rings. The lowest BCUT2D eigenvalue weighted by Crippen LogP contribution is -2.49. The molecule has 0 spiro atoms. The van der Waals surface area contributed by atoms with Gasteiger partial charge in [-0.25, -0.2) is 0 Å². The summed E-state index contributed by atoms with van der Waals surface area (Å²) in [6, 6.07) is 2.78. The number of nitrogens with one attached hydrogen (secondary N) is 2. The minimum Gasteiger partial charge on any atom is -0.311 e. The van der Waals surface area contributed by atoms with Crippen LogP contribution in [0.2, 0.25) is 0 Å². The first-order valence-corrected chi connectivity index (χ1v) is 6.93. The second-order valence-corrected chi connectivity index (χ2v) is 6.86. The van der Waals surface area contributed by atoms with Crippen LogP contribution in [-0.2, 0) is 0 Å². The summed E-state index contributed by atoms with van der Waals surface area (Å²) >= 11 is 0. The first-order chi connectivity index (χ1) is 7.40. The zero-order valence-corrected chi connectivity index (χ0v) is 11.5. The zero-order chi connectivity index (χ0) is 11.9. The number of hydrogen-bond donors (Lipinski definition) is 2. The largest absolute Gasteiger partial charge is 0.311 e. The minimum absolute atomic E-state index is 0.543. The smallest absolute Gasteiger partial charge is 0.0127 e. The Kier molecular flexibility index (Phi) is 3.33. The van der Waals surface area contributed by atoms with Gasteiger partial charge in [0.05, 0.1) is 0 Å². The molecule has 4 atom stereocenters. The van der Waals surface area contributed by atoms with Crippen molar-refractivity contribution in [2.24, 2.45) is 11.3 Å². The summed E-state index contributed by atoms with van der Waals surface area (Å²) in [6.07, 6.45) is 4.15. The van der Waals surface area contributed by atoms with Crippen LogP contribution in [0.4, 0.5) is 0 Å². The molecular weight excluding hydrogens is 196 g/mol. The summed E-state index contributed by atoms with van der Waals surface area (Å²) in [7, 11) is 0. The lowest BCUT2D eigenvalue weighted by Gasteiger charge is -2.37. The summed E-state index contributed by atoms with van der Waals surface area (Å²) in [5.41, 5.74) is 0.543. The van der Waals surface area contributed by atoms with Gasteiger partial charge in [-0.2, -0.15) is 0 Å². The summed E-state index contributed by atoms with van der Waals surface area (Å²) in [5.74, 6) is 0.906. The second-order valence-electron chi connectivity index (χ2n) is 6.86. The highest BCUT2D eigenvalue weighted by molar-refractivity contribution is 5.09. The molecular formula is C14H28N2. The van der Waals surface area contributed by atoms with Crippen LogP contribution in [0.25, 0.3) is 0 Å². The van der Waals surface area contributed by atoms with Gasteiger partial charge >= 0.3 is 0 Å². The normalized spacial score (nSPS) is 42.6. The molecule has 0 aromatic rings. The fourth-order valence-electron chi connectivity index (χ4n) is 3.91. The number of rotatable bonds is 4. The van der Waals surface area contributed by atoms with E-state index in [2.05, 4.69) is 45.3 Å². The van der Waals surface area contributed by atoms with Crippen LogP contribution in [0.3, 0.4) is 0 Å². The van der Waals surface area contributed by atoms with E-state index in [-0.39, 0.29) is 0 Å². The Morgan fingerprint density at radius 1 is 1.00 bits per heavy atom. The average molecular weight is 224 g/mol. The van der Waals surface area contributed by atoms with Crippen LogP contribution in [0.1, 0.15) is 53.9 Å². The highest BCUT2D eigenvalue weighted by atomic mass is 15.0. The third kappa shape index (κ3) is 2.28. The molecule has 0 aliphatic heterocycles. The molecule has 4 unspecified atom stereocenters. The summed E-state index contributed by atoms with van der Waals surface area (Å²) in [4.78, 5) is 0. The van der Waals surface area contributed by atoms with Crippen LogP contribution in [0.15, 0.2) is 0 Å². The zero-order valence-electron chi connectivity index (χ0n) is 11.5. The molecule has 2 bridgehead atoms. The van der Waals surface area contributed by atoms with Crippen LogP contribution in [0.5, 0.6) is 0 Å². The Balaban J connectivity index is 1.95. The summed E-state index contributed by atoms with van der Waals surface area (Å²) < 4.78 is 0. The fourth-order valence-corrected chi connectivity index (χ4v) is 3.91. The van der Waals surface area contributed by atoms with Crippen molar-refractivity contribution in [3.05, 3.63) is 0 Å². The minimum atomic E-state index is 0.543. The fraction of sp³-hybridized carbons (Fsp3) is 1.00. The Hall–Kier alpha value is -0.0800. The molecule has 0 saturated heterocycles. The van der Waals surface area contributed by atoms with E-state index in [9.17, 15) is 0 Å². The predicted molar refractivity (Wildman–Crippen MR) is 69.6 cm³/mol. The van der Waals surface area contributed by atoms with Crippen molar-refractivity contribution in [1.82, 2.24) is 10.6 Å². The number of fused-ring (bicyclic) bond motifs is 2. The van der Waals surface area contributed by atoms with E-state index in [0.29, 0.717) is 17.5 Å². The van der Waals surface area contributed by atoms with Crippen molar-refractivity contribution >= 4 is 0 Å². The van der Waals surface area contributed by atoms with Crippen molar-refractivity contribution in [2.45, 2.75) is 78.0 Å². The van der Waals surface area contributed by atoms with Crippen molar-refractivity contribution in [3.8, 4) is 0 Å². The molecule has 0 aromatic carbocycles. The highest BCUT2D eigenvalue weighted by Crippen LogP contribution is 2.54. The topological polar surface area (TPSA) is 24.1 Å². The van der Waals surface area contributed by atoms with E-state index < -0.39 is 0 Å². The lowest BCUT2D eigenvalue weighted by molar-refractivity contribution is 0.197. The van der Waals surface area contributed by atoms with Crippen molar-refractivity contribution < 1.29 is 0 Å². The Labute approximate surface area is 101 Å². The standard InChI is InChI=1S/C14H28N2/c1-9(2)15-12-8-14(5)7-11(12)6-13(14)16-10(3)4/h9-13,15-16H,6-8H2,1-5H3. The van der Waals surface area contributed by atoms with E-state index >= 15 is 0 Å². The maximum Gasteiger partial charge on any atom is 0.0127 e. The molecule has 2 aliphatic carbocycles. The van der Waals surface area contributed by atoms with E-state index in [0.717, 1.165) is 18.0 Å². The Morgan fingerprint density at radius 3 is 2.06 bits per heavy atom. The van der Waals surface area contributed by atoms with E-state index in [1.54, 1.807) is 0 Å². The maximum atomic E-state index is 3.76. The van der Waals surface area contributed by atoms with Gasteiger partial charge in [0.1, 0.15) is 0 Å². The molecule has 16 heavy (non-hydrogen) atoms. The Morgan fingerprint density at radius 2 is 1.62 bits per heavy atom. The SMILES string of the molecule is CC(C)NC1CC2(C)CC1CC2NC(C)C. The molecule has 94 valence electrons. The van der Waals surface area contributed by atoms with Gasteiger partial charge in [-0.05, 0) is 30.6 Å². The van der Waals surface area contributed by atoms with E-state index in [4.69, 9.17) is 0 Å². The molecule has 0 aromatic heterocycles. The third-order valence-electron chi connectivity index (χ3n) is 4.45. The predicted octanol–water partition coefficient (Wildman–Crippen LogP) is 2.54. The average Bonchev–Trinajstić information content (AvgIpc) is 2.55. The molecule has 2 rings (SSSR count). The van der Waals surface area contributed by atoms with Gasteiger partial charge in [0, 0.05) is 24.2 Å². The molecule has 2 N–H and O–H groups in total. The molecule has 0 amide bonds. The maximum absolute atomic E-state index is 3.76. The highest BCUT2D eigenvalue weighted by Gasteiger charge is 2.53. The molecule has 0 heterocycles. The molecule has 2 heteroatoms. The van der Waals surface area contributed by atoms with Crippen LogP contribution in [0, 0.1) is 11.3 Å². The lowest BCUT2D eigenvalue weighted by atomic mass is 9.79. The summed E-state index contributed by atoms with van der Waals surface area (Å²) in [6.45, 7) is 11.5. The Bertz CT molecular complexity index is 249. The first kappa shape index (κ1) is 12.4. The van der Waals surface area contributed by atoms with Gasteiger partial charge in [-0.3, -0.25) is 0 Å². The first-order valence-electron chi connectivity index (χ1n) is 6.93. The van der Waals surface area contributed by atoms with Gasteiger partial charge < -0.3 is 10.6 Å². The molecule has 2 nitrogen and oxygen atoms in total. The molecule has 2 saturated carbocycles. The van der Waals surface area contributed by atoms with Gasteiger partial charge in [-0.15, -0.1) is 0 Å². The molecule has 2 aliphatic rings. The second kappa shape index (κ2) is 4.30. The third-order valence-corrected chi connectivity index (χ3v) is 4.45. The van der Waals surface area contributed by atoms with Crippen LogP contribution in [-0.4, -0.2) is 24.2 Å². The van der Waals surface area contributed by atoms with E-state index in [1.165, 1.54) is 19.3 Å². The van der Waals surface area contributed by atoms with Crippen LogP contribution < -0.4 is 10.6 Å². The van der Waals surface area contributed by atoms with Gasteiger partial charge in [-0.1, -0.05) is 34.6 Å². The van der Waals surface area contributed by atoms with Gasteiger partial charge in [0.2, 0.25) is 0 Å². The molecule has 0 radical (unpaired) electrons. The summed E-state index contributed by atoms with van der Waals surface area (Å²) in [5, 5.41) is 7.50. The van der Waals surface area contributed by atoms with Crippen LogP contribution >= 0.6 is 0 Å². The van der Waals surface area contributed by atoms with Crippen molar-refractivity contribution in [3.63, 3.8) is 0 Å². The van der Waals surface area contributed by atoms with Gasteiger partial charge in [0.15, 0.2) is 0 Å².